The zero-order chi connectivity index (χ0) is 14.3. The summed E-state index contributed by atoms with van der Waals surface area (Å²) >= 11 is 0. The van der Waals surface area contributed by atoms with Crippen molar-refractivity contribution in [2.24, 2.45) is 5.92 Å². The first-order valence-electron chi connectivity index (χ1n) is 6.58. The van der Waals surface area contributed by atoms with Gasteiger partial charge in [-0.05, 0) is 16.3 Å². The van der Waals surface area contributed by atoms with E-state index in [2.05, 4.69) is 0 Å². The van der Waals surface area contributed by atoms with E-state index in [1.54, 1.807) is 0 Å². The number of hydrogen-bond donors (Lipinski definition) is 0. The molecule has 104 valence electrons. The van der Waals surface area contributed by atoms with Gasteiger partial charge in [0.15, 0.2) is 0 Å². The summed E-state index contributed by atoms with van der Waals surface area (Å²) in [7, 11) is 2.91. The number of nitrogens with zero attached hydrogens (tertiary/aromatic N) is 1. The fourth-order valence-electron chi connectivity index (χ4n) is 2.77. The van der Waals surface area contributed by atoms with Gasteiger partial charge in [-0.2, -0.15) is 0 Å². The van der Waals surface area contributed by atoms with Crippen molar-refractivity contribution >= 4 is 16.7 Å². The Morgan fingerprint density at radius 3 is 2.65 bits per heavy atom. The number of fused-ring (bicyclic) bond motifs is 1. The molecule has 0 spiro atoms. The molecule has 0 N–H and O–H groups in total. The van der Waals surface area contributed by atoms with Crippen LogP contribution in [0.4, 0.5) is 4.39 Å². The molecule has 4 heteroatoms. The number of alkyl halides is 1. The average Bonchev–Trinajstić information content (AvgIpc) is 3.16. The van der Waals surface area contributed by atoms with E-state index in [0.29, 0.717) is 0 Å². The van der Waals surface area contributed by atoms with E-state index < -0.39 is 12.1 Å². The van der Waals surface area contributed by atoms with E-state index in [9.17, 15) is 9.18 Å². The Balaban J connectivity index is 1.95. The first-order valence-corrected chi connectivity index (χ1v) is 6.58. The van der Waals surface area contributed by atoms with Gasteiger partial charge in [0.05, 0.1) is 13.0 Å². The molecule has 0 bridgehead atoms. The molecular formula is C16H16FNO2. The number of carbonyl (C=O) groups is 1. The largest absolute Gasteiger partial charge is 0.275 e. The minimum absolute atomic E-state index is 0.307. The van der Waals surface area contributed by atoms with Crippen molar-refractivity contribution in [3.8, 4) is 0 Å². The van der Waals surface area contributed by atoms with Gasteiger partial charge in [-0.15, -0.1) is 0 Å². The molecule has 1 amide bonds. The van der Waals surface area contributed by atoms with Crippen LogP contribution in [0.25, 0.3) is 10.8 Å². The van der Waals surface area contributed by atoms with Crippen LogP contribution in [0.1, 0.15) is 11.5 Å². The highest BCUT2D eigenvalue weighted by Crippen LogP contribution is 2.52. The Hall–Kier alpha value is -1.94. The van der Waals surface area contributed by atoms with Crippen LogP contribution >= 0.6 is 0 Å². The molecule has 2 aromatic carbocycles. The maximum Gasteiger partial charge on any atom is 0.252 e. The predicted molar refractivity (Wildman–Crippen MR) is 74.9 cm³/mol. The molecule has 2 aromatic rings. The molecule has 0 aliphatic heterocycles. The standard InChI is InChI=1S/C16H16FNO2/c1-18(20-2)16(19)14-13(15(14)17)12-9-5-7-10-6-3-4-8-11(10)12/h3-9,13-15H,1-2H3/t13-,14-,15+/m1/s1. The van der Waals surface area contributed by atoms with Gasteiger partial charge in [-0.3, -0.25) is 9.63 Å². The molecule has 3 atom stereocenters. The molecule has 0 heterocycles. The fraction of sp³-hybridized carbons (Fsp3) is 0.312. The summed E-state index contributed by atoms with van der Waals surface area (Å²) in [6.07, 6.45) is -1.13. The lowest BCUT2D eigenvalue weighted by molar-refractivity contribution is -0.170. The minimum atomic E-state index is -1.13. The number of hydroxylamine groups is 2. The van der Waals surface area contributed by atoms with Crippen LogP contribution in [0.15, 0.2) is 42.5 Å². The second-order valence-electron chi connectivity index (χ2n) is 5.08. The molecule has 0 saturated heterocycles. The zero-order valence-electron chi connectivity index (χ0n) is 11.4. The van der Waals surface area contributed by atoms with Crippen LogP contribution in [0.5, 0.6) is 0 Å². The Morgan fingerprint density at radius 1 is 1.20 bits per heavy atom. The van der Waals surface area contributed by atoms with Gasteiger partial charge >= 0.3 is 0 Å². The molecule has 3 rings (SSSR count). The Kier molecular flexibility index (Phi) is 3.18. The predicted octanol–water partition coefficient (Wildman–Crippen LogP) is 2.91. The van der Waals surface area contributed by atoms with Crippen molar-refractivity contribution in [1.82, 2.24) is 5.06 Å². The maximum atomic E-state index is 14.1. The van der Waals surface area contributed by atoms with Crippen molar-refractivity contribution < 1.29 is 14.0 Å². The summed E-state index contributed by atoms with van der Waals surface area (Å²) in [5.74, 6) is -1.31. The Bertz CT molecular complexity index is 652. The van der Waals surface area contributed by atoms with Gasteiger partial charge in [0.2, 0.25) is 0 Å². The molecule has 1 fully saturated rings. The molecule has 0 aromatic heterocycles. The molecule has 20 heavy (non-hydrogen) atoms. The third-order valence-corrected chi connectivity index (χ3v) is 3.98. The Labute approximate surface area is 116 Å². The monoisotopic (exact) mass is 273 g/mol. The number of benzene rings is 2. The first-order chi connectivity index (χ1) is 9.65. The van der Waals surface area contributed by atoms with Gasteiger partial charge in [0.1, 0.15) is 6.17 Å². The summed E-state index contributed by atoms with van der Waals surface area (Å²) in [6.45, 7) is 0. The van der Waals surface area contributed by atoms with Gasteiger partial charge in [-0.1, -0.05) is 42.5 Å². The lowest BCUT2D eigenvalue weighted by Crippen LogP contribution is -2.27. The summed E-state index contributed by atoms with van der Waals surface area (Å²) < 4.78 is 14.1. The minimum Gasteiger partial charge on any atom is -0.275 e. The zero-order valence-corrected chi connectivity index (χ0v) is 11.4. The van der Waals surface area contributed by atoms with Crippen LogP contribution < -0.4 is 0 Å². The Morgan fingerprint density at radius 2 is 1.90 bits per heavy atom. The van der Waals surface area contributed by atoms with E-state index in [0.717, 1.165) is 21.4 Å². The van der Waals surface area contributed by atoms with Crippen LogP contribution in [0, 0.1) is 5.92 Å². The van der Waals surface area contributed by atoms with Crippen molar-refractivity contribution in [2.75, 3.05) is 14.2 Å². The molecule has 0 radical (unpaired) electrons. The number of rotatable bonds is 3. The fourth-order valence-corrected chi connectivity index (χ4v) is 2.77. The molecule has 0 unspecified atom stereocenters. The molecule has 3 nitrogen and oxygen atoms in total. The van der Waals surface area contributed by atoms with Gasteiger partial charge in [-0.25, -0.2) is 9.45 Å². The lowest BCUT2D eigenvalue weighted by Gasteiger charge is -2.13. The van der Waals surface area contributed by atoms with Crippen LogP contribution in [0.2, 0.25) is 0 Å². The van der Waals surface area contributed by atoms with E-state index >= 15 is 0 Å². The van der Waals surface area contributed by atoms with Crippen molar-refractivity contribution in [3.05, 3.63) is 48.0 Å². The van der Waals surface area contributed by atoms with E-state index in [4.69, 9.17) is 4.84 Å². The first kappa shape index (κ1) is 13.1. The van der Waals surface area contributed by atoms with Crippen LogP contribution in [-0.4, -0.2) is 31.3 Å². The topological polar surface area (TPSA) is 29.5 Å². The number of halogens is 1. The summed E-state index contributed by atoms with van der Waals surface area (Å²) in [6, 6.07) is 13.6. The maximum absolute atomic E-state index is 14.1. The number of hydrogen-bond acceptors (Lipinski definition) is 2. The summed E-state index contributed by atoms with van der Waals surface area (Å²) in [4.78, 5) is 16.9. The summed E-state index contributed by atoms with van der Waals surface area (Å²) in [5.41, 5.74) is 0.901. The lowest BCUT2D eigenvalue weighted by atomic mass is 10.00. The highest BCUT2D eigenvalue weighted by Gasteiger charge is 2.58. The van der Waals surface area contributed by atoms with Crippen molar-refractivity contribution in [2.45, 2.75) is 12.1 Å². The van der Waals surface area contributed by atoms with Crippen molar-refractivity contribution in [1.29, 1.82) is 0 Å². The molecule has 1 aliphatic rings. The SMILES string of the molecule is CON(C)C(=O)[C@H]1[C@@H](F)[C@@H]1c1cccc2ccccc12. The van der Waals surface area contributed by atoms with Gasteiger partial charge < -0.3 is 0 Å². The number of carbonyl (C=O) groups excluding carboxylic acids is 1. The third-order valence-electron chi connectivity index (χ3n) is 3.98. The second-order valence-corrected chi connectivity index (χ2v) is 5.08. The van der Waals surface area contributed by atoms with E-state index in [1.165, 1.54) is 14.2 Å². The highest BCUT2D eigenvalue weighted by atomic mass is 19.1. The van der Waals surface area contributed by atoms with Crippen LogP contribution in [-0.2, 0) is 9.63 Å². The molecule has 1 saturated carbocycles. The van der Waals surface area contributed by atoms with Gasteiger partial charge in [0.25, 0.3) is 5.91 Å². The highest BCUT2D eigenvalue weighted by molar-refractivity contribution is 5.90. The van der Waals surface area contributed by atoms with Crippen molar-refractivity contribution in [3.63, 3.8) is 0 Å². The number of amides is 1. The van der Waals surface area contributed by atoms with E-state index in [1.807, 2.05) is 42.5 Å². The second kappa shape index (κ2) is 4.87. The summed E-state index contributed by atoms with van der Waals surface area (Å²) in [5, 5.41) is 3.18. The third kappa shape index (κ3) is 1.96. The molecule has 1 aliphatic carbocycles. The quantitative estimate of drug-likeness (QED) is 0.805. The average molecular weight is 273 g/mol. The van der Waals surface area contributed by atoms with E-state index in [-0.39, 0.29) is 11.8 Å². The smallest absolute Gasteiger partial charge is 0.252 e. The molecular weight excluding hydrogens is 257 g/mol. The normalized spacial score (nSPS) is 24.6. The van der Waals surface area contributed by atoms with Crippen LogP contribution in [0.3, 0.4) is 0 Å². The van der Waals surface area contributed by atoms with Gasteiger partial charge in [0, 0.05) is 13.0 Å².